The number of nitrogens with zero attached hydrogens (tertiary/aromatic N) is 3. The zero-order valence-electron chi connectivity index (χ0n) is 11.9. The van der Waals surface area contributed by atoms with Gasteiger partial charge < -0.3 is 9.52 Å². The van der Waals surface area contributed by atoms with E-state index >= 15 is 0 Å². The molecular weight excluding hydrogens is 264 g/mol. The number of carbonyl (C=O) groups is 2. The van der Waals surface area contributed by atoms with Crippen molar-refractivity contribution in [1.82, 2.24) is 15.1 Å². The van der Waals surface area contributed by atoms with Crippen molar-refractivity contribution in [3.05, 3.63) is 5.89 Å². The van der Waals surface area contributed by atoms with E-state index in [9.17, 15) is 9.59 Å². The molecule has 0 unspecified atom stereocenters. The van der Waals surface area contributed by atoms with E-state index in [0.29, 0.717) is 12.4 Å². The van der Waals surface area contributed by atoms with E-state index < -0.39 is 5.97 Å². The Morgan fingerprint density at radius 2 is 2.05 bits per heavy atom. The highest BCUT2D eigenvalue weighted by atomic mass is 16.4. The highest BCUT2D eigenvalue weighted by molar-refractivity contribution is 5.90. The van der Waals surface area contributed by atoms with Gasteiger partial charge in [-0.15, -0.1) is 5.10 Å². The molecule has 0 saturated carbocycles. The fourth-order valence-electron chi connectivity index (χ4n) is 1.60. The Kier molecular flexibility index (Phi) is 6.10. The van der Waals surface area contributed by atoms with Gasteiger partial charge in [-0.05, 0) is 13.0 Å². The smallest absolute Gasteiger partial charge is 0.322 e. The lowest BCUT2D eigenvalue weighted by molar-refractivity contribution is -0.138. The quantitative estimate of drug-likeness (QED) is 0.730. The van der Waals surface area contributed by atoms with Crippen LogP contribution in [-0.4, -0.2) is 51.7 Å². The predicted molar refractivity (Wildman–Crippen MR) is 71.4 cm³/mol. The molecule has 1 amide bonds. The third-order valence-electron chi connectivity index (χ3n) is 2.45. The molecule has 0 radical (unpaired) electrons. The van der Waals surface area contributed by atoms with Gasteiger partial charge in [0.25, 0.3) is 0 Å². The standard InChI is InChI=1S/C12H20N4O4/c1-4-5-16(7-10(18)19)6-9(17)13-12-15-14-11(20-12)8(2)3/h8H,4-7H2,1-3H3,(H,18,19)(H,13,15,17). The topological polar surface area (TPSA) is 109 Å². The van der Waals surface area contributed by atoms with Crippen molar-refractivity contribution in [2.24, 2.45) is 0 Å². The Hall–Kier alpha value is -1.96. The molecule has 1 rings (SSSR count). The number of carbonyl (C=O) groups excluding carboxylic acids is 1. The molecule has 0 fully saturated rings. The summed E-state index contributed by atoms with van der Waals surface area (Å²) in [7, 11) is 0. The van der Waals surface area contributed by atoms with Crippen molar-refractivity contribution in [2.45, 2.75) is 33.1 Å². The predicted octanol–water partition coefficient (Wildman–Crippen LogP) is 0.928. The number of rotatable bonds is 8. The van der Waals surface area contributed by atoms with Gasteiger partial charge in [0, 0.05) is 5.92 Å². The number of nitrogens with one attached hydrogen (secondary N) is 1. The number of aromatic nitrogens is 2. The van der Waals surface area contributed by atoms with Crippen LogP contribution in [0.15, 0.2) is 4.42 Å². The molecule has 0 aliphatic heterocycles. The van der Waals surface area contributed by atoms with Gasteiger partial charge in [0.2, 0.25) is 11.8 Å². The van der Waals surface area contributed by atoms with Crippen LogP contribution in [0.3, 0.4) is 0 Å². The monoisotopic (exact) mass is 284 g/mol. The first-order chi connectivity index (χ1) is 9.42. The maximum atomic E-state index is 11.8. The fraction of sp³-hybridized carbons (Fsp3) is 0.667. The molecule has 1 aromatic heterocycles. The summed E-state index contributed by atoms with van der Waals surface area (Å²) in [5, 5.41) is 18.7. The van der Waals surface area contributed by atoms with Crippen LogP contribution < -0.4 is 5.32 Å². The van der Waals surface area contributed by atoms with Crippen molar-refractivity contribution < 1.29 is 19.1 Å². The molecule has 1 heterocycles. The Morgan fingerprint density at radius 1 is 1.35 bits per heavy atom. The molecule has 2 N–H and O–H groups in total. The SMILES string of the molecule is CCCN(CC(=O)O)CC(=O)Nc1nnc(C(C)C)o1. The zero-order chi connectivity index (χ0) is 15.1. The molecule has 1 aromatic rings. The lowest BCUT2D eigenvalue weighted by atomic mass is 10.2. The molecule has 8 heteroatoms. The van der Waals surface area contributed by atoms with Gasteiger partial charge >= 0.3 is 12.0 Å². The third kappa shape index (κ3) is 5.35. The number of carboxylic acids is 1. The molecule has 0 aliphatic carbocycles. The van der Waals surface area contributed by atoms with E-state index in [1.165, 1.54) is 4.90 Å². The van der Waals surface area contributed by atoms with Crippen molar-refractivity contribution in [3.8, 4) is 0 Å². The summed E-state index contributed by atoms with van der Waals surface area (Å²) < 4.78 is 5.25. The largest absolute Gasteiger partial charge is 0.480 e. The first kappa shape index (κ1) is 16.1. The molecular formula is C12H20N4O4. The minimum atomic E-state index is -0.967. The van der Waals surface area contributed by atoms with Crippen molar-refractivity contribution in [3.63, 3.8) is 0 Å². The van der Waals surface area contributed by atoms with E-state index in [2.05, 4.69) is 15.5 Å². The number of anilines is 1. The Bertz CT molecular complexity index is 458. The summed E-state index contributed by atoms with van der Waals surface area (Å²) in [5.41, 5.74) is 0. The van der Waals surface area contributed by atoms with Gasteiger partial charge in [-0.3, -0.25) is 19.8 Å². The lowest BCUT2D eigenvalue weighted by Crippen LogP contribution is -2.37. The second-order valence-corrected chi connectivity index (χ2v) is 4.75. The zero-order valence-corrected chi connectivity index (χ0v) is 11.9. The summed E-state index contributed by atoms with van der Waals surface area (Å²) in [6, 6.07) is 0.0328. The second-order valence-electron chi connectivity index (χ2n) is 4.75. The molecule has 0 spiro atoms. The van der Waals surface area contributed by atoms with Crippen LogP contribution in [0.5, 0.6) is 0 Å². The molecule has 0 saturated heterocycles. The van der Waals surface area contributed by atoms with Crippen LogP contribution in [-0.2, 0) is 9.59 Å². The van der Waals surface area contributed by atoms with E-state index in [-0.39, 0.29) is 30.9 Å². The van der Waals surface area contributed by atoms with Crippen LogP contribution in [0.2, 0.25) is 0 Å². The molecule has 8 nitrogen and oxygen atoms in total. The van der Waals surface area contributed by atoms with Gasteiger partial charge in [0.15, 0.2) is 0 Å². The Labute approximate surface area is 117 Å². The van der Waals surface area contributed by atoms with E-state index in [1.807, 2.05) is 20.8 Å². The van der Waals surface area contributed by atoms with Crippen LogP contribution >= 0.6 is 0 Å². The van der Waals surface area contributed by atoms with E-state index in [1.54, 1.807) is 0 Å². The number of carboxylic acid groups (broad SMARTS) is 1. The molecule has 20 heavy (non-hydrogen) atoms. The van der Waals surface area contributed by atoms with Crippen molar-refractivity contribution >= 4 is 17.9 Å². The lowest BCUT2D eigenvalue weighted by Gasteiger charge is -2.17. The van der Waals surface area contributed by atoms with Gasteiger partial charge in [-0.25, -0.2) is 0 Å². The minimum absolute atomic E-state index is 0.0282. The number of hydrogen-bond acceptors (Lipinski definition) is 6. The average molecular weight is 284 g/mol. The fourth-order valence-corrected chi connectivity index (χ4v) is 1.60. The van der Waals surface area contributed by atoms with Crippen LogP contribution in [0.1, 0.15) is 39.0 Å². The first-order valence-electron chi connectivity index (χ1n) is 6.49. The summed E-state index contributed by atoms with van der Waals surface area (Å²) in [6.45, 7) is 6.03. The third-order valence-corrected chi connectivity index (χ3v) is 2.45. The number of hydrogen-bond donors (Lipinski definition) is 2. The molecule has 0 aromatic carbocycles. The average Bonchev–Trinajstić information content (AvgIpc) is 2.76. The van der Waals surface area contributed by atoms with Gasteiger partial charge in [-0.2, -0.15) is 0 Å². The van der Waals surface area contributed by atoms with Gasteiger partial charge in [0.1, 0.15) is 0 Å². The second kappa shape index (κ2) is 7.59. The van der Waals surface area contributed by atoms with E-state index in [4.69, 9.17) is 9.52 Å². The maximum absolute atomic E-state index is 11.8. The Balaban J connectivity index is 2.53. The Morgan fingerprint density at radius 3 is 2.55 bits per heavy atom. The van der Waals surface area contributed by atoms with Crippen molar-refractivity contribution in [2.75, 3.05) is 25.0 Å². The maximum Gasteiger partial charge on any atom is 0.322 e. The summed E-state index contributed by atoms with van der Waals surface area (Å²) >= 11 is 0. The van der Waals surface area contributed by atoms with Crippen LogP contribution in [0.4, 0.5) is 6.01 Å². The molecule has 0 bridgehead atoms. The first-order valence-corrected chi connectivity index (χ1v) is 6.49. The highest BCUT2D eigenvalue weighted by Gasteiger charge is 2.16. The summed E-state index contributed by atoms with van der Waals surface area (Å²) in [6.07, 6.45) is 0.763. The minimum Gasteiger partial charge on any atom is -0.480 e. The van der Waals surface area contributed by atoms with Crippen molar-refractivity contribution in [1.29, 1.82) is 0 Å². The summed E-state index contributed by atoms with van der Waals surface area (Å²) in [4.78, 5) is 24.0. The van der Waals surface area contributed by atoms with Gasteiger partial charge in [0.05, 0.1) is 13.1 Å². The van der Waals surface area contributed by atoms with Crippen LogP contribution in [0.25, 0.3) is 0 Å². The number of amides is 1. The molecule has 0 aliphatic rings. The highest BCUT2D eigenvalue weighted by Crippen LogP contribution is 2.14. The van der Waals surface area contributed by atoms with Crippen LogP contribution in [0, 0.1) is 0 Å². The molecule has 0 atom stereocenters. The normalized spacial score (nSPS) is 11.1. The number of aliphatic carboxylic acids is 1. The summed E-state index contributed by atoms with van der Waals surface area (Å²) in [5.74, 6) is -0.821. The molecule has 112 valence electrons. The van der Waals surface area contributed by atoms with E-state index in [0.717, 1.165) is 6.42 Å². The van der Waals surface area contributed by atoms with Gasteiger partial charge in [-0.1, -0.05) is 25.9 Å².